The van der Waals surface area contributed by atoms with E-state index in [-0.39, 0.29) is 18.1 Å². The third-order valence-electron chi connectivity index (χ3n) is 2.86. The van der Waals surface area contributed by atoms with E-state index in [1.165, 1.54) is 12.3 Å². The third kappa shape index (κ3) is 3.03. The van der Waals surface area contributed by atoms with E-state index >= 15 is 0 Å². The Balaban J connectivity index is 2.20. The molecule has 104 valence electrons. The topological polar surface area (TPSA) is 84.2 Å². The Morgan fingerprint density at radius 3 is 2.70 bits per heavy atom. The molecule has 0 bridgehead atoms. The molecule has 20 heavy (non-hydrogen) atoms. The fraction of sp³-hybridized carbons (Fsp3) is 0.214. The third-order valence-corrected chi connectivity index (χ3v) is 2.86. The van der Waals surface area contributed by atoms with Gasteiger partial charge in [0.15, 0.2) is 0 Å². The van der Waals surface area contributed by atoms with Crippen LogP contribution in [0.4, 0.5) is 5.69 Å². The van der Waals surface area contributed by atoms with Crippen LogP contribution in [0.1, 0.15) is 21.6 Å². The molecular weight excluding hydrogens is 258 g/mol. The van der Waals surface area contributed by atoms with Crippen LogP contribution in [-0.2, 0) is 11.3 Å². The van der Waals surface area contributed by atoms with E-state index in [2.05, 4.69) is 10.4 Å². The number of carbonyl (C=O) groups is 2. The molecule has 0 fully saturated rings. The molecule has 0 aliphatic heterocycles. The van der Waals surface area contributed by atoms with Crippen molar-refractivity contribution in [3.63, 3.8) is 0 Å². The summed E-state index contributed by atoms with van der Waals surface area (Å²) < 4.78 is 1.15. The molecule has 0 aliphatic rings. The van der Waals surface area contributed by atoms with Gasteiger partial charge in [-0.25, -0.2) is 4.68 Å². The van der Waals surface area contributed by atoms with E-state index in [0.717, 1.165) is 15.8 Å². The van der Waals surface area contributed by atoms with Crippen molar-refractivity contribution in [1.82, 2.24) is 9.78 Å². The number of hydrogen-bond acceptors (Lipinski definition) is 3. The maximum atomic E-state index is 12.1. The fourth-order valence-corrected chi connectivity index (χ4v) is 1.92. The van der Waals surface area contributed by atoms with E-state index in [4.69, 9.17) is 5.11 Å². The van der Waals surface area contributed by atoms with Crippen molar-refractivity contribution in [2.75, 3.05) is 5.32 Å². The number of amides is 1. The molecule has 0 aliphatic carbocycles. The van der Waals surface area contributed by atoms with Gasteiger partial charge in [0.25, 0.3) is 5.91 Å². The maximum absolute atomic E-state index is 12.1. The van der Waals surface area contributed by atoms with Crippen molar-refractivity contribution in [2.45, 2.75) is 20.4 Å². The van der Waals surface area contributed by atoms with Crippen LogP contribution in [-0.4, -0.2) is 26.8 Å². The zero-order valence-electron chi connectivity index (χ0n) is 11.3. The molecule has 1 aromatic heterocycles. The van der Waals surface area contributed by atoms with E-state index < -0.39 is 5.97 Å². The van der Waals surface area contributed by atoms with E-state index in [1.807, 2.05) is 32.0 Å². The minimum Gasteiger partial charge on any atom is -0.480 e. The quantitative estimate of drug-likeness (QED) is 0.890. The summed E-state index contributed by atoms with van der Waals surface area (Å²) in [7, 11) is 0. The Morgan fingerprint density at radius 2 is 2.05 bits per heavy atom. The van der Waals surface area contributed by atoms with Crippen molar-refractivity contribution in [1.29, 1.82) is 0 Å². The van der Waals surface area contributed by atoms with Crippen LogP contribution in [0, 0.1) is 13.8 Å². The van der Waals surface area contributed by atoms with Crippen LogP contribution in [0.2, 0.25) is 0 Å². The standard InChI is InChI=1S/C14H15N3O3/c1-9-3-4-11(10(2)7-9)16-14(20)12-5-6-15-17(12)8-13(18)19/h3-7H,8H2,1-2H3,(H,16,20)(H,18,19). The Bertz CT molecular complexity index is 661. The second-order valence-electron chi connectivity index (χ2n) is 4.54. The molecule has 0 saturated heterocycles. The minimum atomic E-state index is -1.05. The van der Waals surface area contributed by atoms with E-state index in [9.17, 15) is 9.59 Å². The lowest BCUT2D eigenvalue weighted by atomic mass is 10.1. The van der Waals surface area contributed by atoms with Gasteiger partial charge in [-0.15, -0.1) is 0 Å². The van der Waals surface area contributed by atoms with Gasteiger partial charge < -0.3 is 10.4 Å². The molecule has 0 radical (unpaired) electrons. The molecule has 1 aromatic carbocycles. The second-order valence-corrected chi connectivity index (χ2v) is 4.54. The highest BCUT2D eigenvalue weighted by molar-refractivity contribution is 6.03. The van der Waals surface area contributed by atoms with Gasteiger partial charge in [-0.3, -0.25) is 9.59 Å². The molecule has 0 atom stereocenters. The number of aryl methyl sites for hydroxylation is 2. The molecule has 1 heterocycles. The molecule has 2 rings (SSSR count). The highest BCUT2D eigenvalue weighted by Gasteiger charge is 2.14. The smallest absolute Gasteiger partial charge is 0.325 e. The minimum absolute atomic E-state index is 0.215. The Morgan fingerprint density at radius 1 is 1.30 bits per heavy atom. The average molecular weight is 273 g/mol. The lowest BCUT2D eigenvalue weighted by Gasteiger charge is -2.10. The van der Waals surface area contributed by atoms with Crippen LogP contribution < -0.4 is 5.32 Å². The first kappa shape index (κ1) is 13.8. The Hall–Kier alpha value is -2.63. The maximum Gasteiger partial charge on any atom is 0.325 e. The molecule has 1 amide bonds. The van der Waals surface area contributed by atoms with Crippen LogP contribution >= 0.6 is 0 Å². The highest BCUT2D eigenvalue weighted by Crippen LogP contribution is 2.17. The zero-order valence-corrected chi connectivity index (χ0v) is 11.3. The molecule has 0 unspecified atom stereocenters. The van der Waals surface area contributed by atoms with Gasteiger partial charge in [-0.2, -0.15) is 5.10 Å². The monoisotopic (exact) mass is 273 g/mol. The summed E-state index contributed by atoms with van der Waals surface area (Å²) in [6.45, 7) is 3.53. The van der Waals surface area contributed by atoms with E-state index in [1.54, 1.807) is 0 Å². The Labute approximate surface area is 116 Å². The molecule has 0 spiro atoms. The number of carbonyl (C=O) groups excluding carboxylic acids is 1. The molecular formula is C14H15N3O3. The molecule has 2 N–H and O–H groups in total. The van der Waals surface area contributed by atoms with E-state index in [0.29, 0.717) is 5.69 Å². The summed E-state index contributed by atoms with van der Waals surface area (Å²) in [5.74, 6) is -1.43. The van der Waals surface area contributed by atoms with Crippen LogP contribution in [0.5, 0.6) is 0 Å². The first-order valence-electron chi connectivity index (χ1n) is 6.09. The van der Waals surface area contributed by atoms with Crippen molar-refractivity contribution in [3.8, 4) is 0 Å². The number of carboxylic acid groups (broad SMARTS) is 1. The summed E-state index contributed by atoms with van der Waals surface area (Å²) in [6, 6.07) is 7.17. The predicted molar refractivity (Wildman–Crippen MR) is 73.7 cm³/mol. The number of nitrogens with one attached hydrogen (secondary N) is 1. The summed E-state index contributed by atoms with van der Waals surface area (Å²) in [5, 5.41) is 15.4. The summed E-state index contributed by atoms with van der Waals surface area (Å²) in [4.78, 5) is 22.8. The SMILES string of the molecule is Cc1ccc(NC(=O)c2ccnn2CC(=O)O)c(C)c1. The summed E-state index contributed by atoms with van der Waals surface area (Å²) >= 11 is 0. The van der Waals surface area contributed by atoms with Crippen LogP contribution in [0.3, 0.4) is 0 Å². The van der Waals surface area contributed by atoms with Gasteiger partial charge in [-0.05, 0) is 31.5 Å². The zero-order chi connectivity index (χ0) is 14.7. The predicted octanol–water partition coefficient (Wildman–Crippen LogP) is 1.84. The highest BCUT2D eigenvalue weighted by atomic mass is 16.4. The van der Waals surface area contributed by atoms with Gasteiger partial charge in [0.05, 0.1) is 0 Å². The number of aromatic nitrogens is 2. The fourth-order valence-electron chi connectivity index (χ4n) is 1.92. The molecule has 6 heteroatoms. The van der Waals surface area contributed by atoms with Gasteiger partial charge in [0.2, 0.25) is 0 Å². The number of anilines is 1. The van der Waals surface area contributed by atoms with Crippen molar-refractivity contribution >= 4 is 17.6 Å². The first-order chi connectivity index (χ1) is 9.47. The molecule has 2 aromatic rings. The average Bonchev–Trinajstić information content (AvgIpc) is 2.80. The molecule has 6 nitrogen and oxygen atoms in total. The lowest BCUT2D eigenvalue weighted by Crippen LogP contribution is -2.21. The number of rotatable bonds is 4. The lowest BCUT2D eigenvalue weighted by molar-refractivity contribution is -0.137. The van der Waals surface area contributed by atoms with Gasteiger partial charge in [0, 0.05) is 11.9 Å². The van der Waals surface area contributed by atoms with Crippen molar-refractivity contribution in [3.05, 3.63) is 47.3 Å². The summed E-state index contributed by atoms with van der Waals surface area (Å²) in [6.07, 6.45) is 1.40. The van der Waals surface area contributed by atoms with Crippen LogP contribution in [0.25, 0.3) is 0 Å². The second kappa shape index (κ2) is 5.56. The number of carboxylic acids is 1. The van der Waals surface area contributed by atoms with Crippen LogP contribution in [0.15, 0.2) is 30.5 Å². The number of hydrogen-bond donors (Lipinski definition) is 2. The molecule has 0 saturated carbocycles. The number of benzene rings is 1. The largest absolute Gasteiger partial charge is 0.480 e. The van der Waals surface area contributed by atoms with Gasteiger partial charge in [-0.1, -0.05) is 17.7 Å². The number of aliphatic carboxylic acids is 1. The Kier molecular flexibility index (Phi) is 3.84. The van der Waals surface area contributed by atoms with Gasteiger partial charge in [0.1, 0.15) is 12.2 Å². The normalized spacial score (nSPS) is 10.3. The number of nitrogens with zero attached hydrogens (tertiary/aromatic N) is 2. The van der Waals surface area contributed by atoms with Crippen molar-refractivity contribution < 1.29 is 14.7 Å². The van der Waals surface area contributed by atoms with Gasteiger partial charge >= 0.3 is 5.97 Å². The van der Waals surface area contributed by atoms with Crippen molar-refractivity contribution in [2.24, 2.45) is 0 Å². The first-order valence-corrected chi connectivity index (χ1v) is 6.09. The summed E-state index contributed by atoms with van der Waals surface area (Å²) in [5.41, 5.74) is 2.97.